The molecular weight excluding hydrogens is 216 g/mol. The lowest BCUT2D eigenvalue weighted by Crippen LogP contribution is -2.16. The van der Waals surface area contributed by atoms with E-state index in [0.29, 0.717) is 13.0 Å². The second kappa shape index (κ2) is 5.52. The number of hydrogen-bond donors (Lipinski definition) is 2. The molecule has 0 aliphatic heterocycles. The summed E-state index contributed by atoms with van der Waals surface area (Å²) in [6.07, 6.45) is 2.81. The first-order valence-corrected chi connectivity index (χ1v) is 6.32. The topological polar surface area (TPSA) is 49.7 Å². The Hall–Kier alpha value is -1.06. The third-order valence-corrected chi connectivity index (χ3v) is 3.31. The summed E-state index contributed by atoms with van der Waals surface area (Å²) < 4.78 is 5.51. The van der Waals surface area contributed by atoms with Crippen molar-refractivity contribution in [3.05, 3.63) is 29.3 Å². The molecule has 3 nitrogen and oxygen atoms in total. The van der Waals surface area contributed by atoms with Gasteiger partial charge in [0.1, 0.15) is 12.4 Å². The minimum absolute atomic E-state index is 0.311. The van der Waals surface area contributed by atoms with Crippen molar-refractivity contribution < 1.29 is 14.9 Å². The lowest BCUT2D eigenvalue weighted by atomic mass is 9.89. The van der Waals surface area contributed by atoms with E-state index in [1.165, 1.54) is 5.56 Å². The monoisotopic (exact) mass is 236 g/mol. The van der Waals surface area contributed by atoms with Crippen LogP contribution in [0.5, 0.6) is 5.75 Å². The van der Waals surface area contributed by atoms with E-state index in [2.05, 4.69) is 0 Å². The van der Waals surface area contributed by atoms with Gasteiger partial charge in [-0.2, -0.15) is 0 Å². The van der Waals surface area contributed by atoms with Gasteiger partial charge in [-0.15, -0.1) is 0 Å². The van der Waals surface area contributed by atoms with E-state index in [4.69, 9.17) is 4.74 Å². The fraction of sp³-hybridized carbons (Fsp3) is 0.571. The van der Waals surface area contributed by atoms with Gasteiger partial charge in [0.15, 0.2) is 0 Å². The zero-order valence-electron chi connectivity index (χ0n) is 10.2. The molecule has 0 saturated heterocycles. The Bertz CT molecular complexity index is 376. The second-order valence-corrected chi connectivity index (χ2v) is 4.64. The fourth-order valence-corrected chi connectivity index (χ4v) is 2.15. The van der Waals surface area contributed by atoms with Crippen molar-refractivity contribution in [2.75, 3.05) is 6.61 Å². The van der Waals surface area contributed by atoms with Gasteiger partial charge >= 0.3 is 0 Å². The molecule has 94 valence electrons. The first kappa shape index (κ1) is 12.4. The van der Waals surface area contributed by atoms with Crippen LogP contribution in [0.3, 0.4) is 0 Å². The number of ether oxygens (including phenoxy) is 1. The molecule has 0 spiro atoms. The smallest absolute Gasteiger partial charge is 0.119 e. The zero-order chi connectivity index (χ0) is 12.3. The van der Waals surface area contributed by atoms with Crippen molar-refractivity contribution in [3.63, 3.8) is 0 Å². The molecule has 0 bridgehead atoms. The van der Waals surface area contributed by atoms with Crippen LogP contribution in [-0.2, 0) is 6.42 Å². The Labute approximate surface area is 102 Å². The molecule has 0 radical (unpaired) electrons. The molecule has 0 fully saturated rings. The summed E-state index contributed by atoms with van der Waals surface area (Å²) in [5.74, 6) is 0.734. The van der Waals surface area contributed by atoms with Crippen molar-refractivity contribution in [2.24, 2.45) is 0 Å². The number of aliphatic hydroxyl groups is 2. The van der Waals surface area contributed by atoms with Gasteiger partial charge in [-0.05, 0) is 48.9 Å². The lowest BCUT2D eigenvalue weighted by molar-refractivity contribution is 0.104. The SMILES string of the molecule is CCC(O)COc1ccc2c(c1)[C@@H](O)CCC2. The zero-order valence-corrected chi connectivity index (χ0v) is 10.2. The van der Waals surface area contributed by atoms with Crippen LogP contribution in [0, 0.1) is 0 Å². The van der Waals surface area contributed by atoms with E-state index in [0.717, 1.165) is 30.6 Å². The van der Waals surface area contributed by atoms with Crippen LogP contribution in [0.1, 0.15) is 43.4 Å². The Morgan fingerprint density at radius 2 is 2.29 bits per heavy atom. The van der Waals surface area contributed by atoms with E-state index < -0.39 is 6.10 Å². The first-order chi connectivity index (χ1) is 8.20. The average molecular weight is 236 g/mol. The van der Waals surface area contributed by atoms with Gasteiger partial charge in [-0.25, -0.2) is 0 Å². The van der Waals surface area contributed by atoms with Crippen LogP contribution in [-0.4, -0.2) is 22.9 Å². The van der Waals surface area contributed by atoms with Crippen molar-refractivity contribution in [1.29, 1.82) is 0 Å². The summed E-state index contributed by atoms with van der Waals surface area (Å²) in [4.78, 5) is 0. The molecule has 1 aliphatic rings. The quantitative estimate of drug-likeness (QED) is 0.842. The Morgan fingerprint density at radius 1 is 1.47 bits per heavy atom. The van der Waals surface area contributed by atoms with E-state index in [1.54, 1.807) is 0 Å². The van der Waals surface area contributed by atoms with Crippen LogP contribution in [0.4, 0.5) is 0 Å². The van der Waals surface area contributed by atoms with E-state index in [-0.39, 0.29) is 6.10 Å². The third kappa shape index (κ3) is 2.99. The minimum atomic E-state index is -0.420. The number of hydrogen-bond acceptors (Lipinski definition) is 3. The van der Waals surface area contributed by atoms with Crippen molar-refractivity contribution in [2.45, 2.75) is 44.8 Å². The molecule has 1 aromatic rings. The second-order valence-electron chi connectivity index (χ2n) is 4.64. The summed E-state index contributed by atoms with van der Waals surface area (Å²) in [6.45, 7) is 2.23. The molecule has 0 aromatic heterocycles. The van der Waals surface area contributed by atoms with Crippen LogP contribution < -0.4 is 4.74 Å². The van der Waals surface area contributed by atoms with Crippen molar-refractivity contribution in [1.82, 2.24) is 0 Å². The van der Waals surface area contributed by atoms with Gasteiger partial charge in [0, 0.05) is 0 Å². The van der Waals surface area contributed by atoms with Crippen LogP contribution in [0.2, 0.25) is 0 Å². The Kier molecular flexibility index (Phi) is 4.02. The minimum Gasteiger partial charge on any atom is -0.491 e. The summed E-state index contributed by atoms with van der Waals surface area (Å²) in [6, 6.07) is 5.84. The Balaban J connectivity index is 2.07. The highest BCUT2D eigenvalue weighted by molar-refractivity contribution is 5.38. The normalized spacial score (nSPS) is 20.8. The van der Waals surface area contributed by atoms with Gasteiger partial charge in [0.05, 0.1) is 12.2 Å². The number of fused-ring (bicyclic) bond motifs is 1. The molecule has 1 aliphatic carbocycles. The summed E-state index contributed by atoms with van der Waals surface area (Å²) in [5, 5.41) is 19.3. The number of rotatable bonds is 4. The molecule has 1 aromatic carbocycles. The molecule has 2 atom stereocenters. The molecule has 0 amide bonds. The molecule has 3 heteroatoms. The van der Waals surface area contributed by atoms with Crippen LogP contribution >= 0.6 is 0 Å². The number of benzene rings is 1. The van der Waals surface area contributed by atoms with E-state index in [9.17, 15) is 10.2 Å². The Morgan fingerprint density at radius 3 is 3.06 bits per heavy atom. The maximum Gasteiger partial charge on any atom is 0.119 e. The maximum atomic E-state index is 9.90. The summed E-state index contributed by atoms with van der Waals surface area (Å²) >= 11 is 0. The molecular formula is C14H20O3. The first-order valence-electron chi connectivity index (χ1n) is 6.32. The van der Waals surface area contributed by atoms with E-state index >= 15 is 0 Å². The number of aliphatic hydroxyl groups excluding tert-OH is 2. The number of aryl methyl sites for hydroxylation is 1. The molecule has 17 heavy (non-hydrogen) atoms. The average Bonchev–Trinajstić information content (AvgIpc) is 2.36. The molecule has 2 N–H and O–H groups in total. The predicted molar refractivity (Wildman–Crippen MR) is 66.1 cm³/mol. The van der Waals surface area contributed by atoms with Gasteiger partial charge in [0.2, 0.25) is 0 Å². The van der Waals surface area contributed by atoms with Crippen LogP contribution in [0.25, 0.3) is 0 Å². The maximum absolute atomic E-state index is 9.90. The van der Waals surface area contributed by atoms with Gasteiger partial charge in [-0.1, -0.05) is 13.0 Å². The van der Waals surface area contributed by atoms with E-state index in [1.807, 2.05) is 25.1 Å². The van der Waals surface area contributed by atoms with Crippen molar-refractivity contribution in [3.8, 4) is 5.75 Å². The molecule has 0 saturated carbocycles. The highest BCUT2D eigenvalue weighted by atomic mass is 16.5. The highest BCUT2D eigenvalue weighted by Gasteiger charge is 2.18. The third-order valence-electron chi connectivity index (χ3n) is 3.31. The lowest BCUT2D eigenvalue weighted by Gasteiger charge is -2.22. The van der Waals surface area contributed by atoms with Crippen LogP contribution in [0.15, 0.2) is 18.2 Å². The molecule has 1 unspecified atom stereocenters. The summed E-state index contributed by atoms with van der Waals surface area (Å²) in [5.41, 5.74) is 2.20. The largest absolute Gasteiger partial charge is 0.491 e. The summed E-state index contributed by atoms with van der Waals surface area (Å²) in [7, 11) is 0. The van der Waals surface area contributed by atoms with Gasteiger partial charge < -0.3 is 14.9 Å². The van der Waals surface area contributed by atoms with Gasteiger partial charge in [0.25, 0.3) is 0 Å². The molecule has 0 heterocycles. The standard InChI is InChI=1S/C14H20O3/c1-2-11(15)9-17-12-7-6-10-4-3-5-14(16)13(10)8-12/h6-8,11,14-16H,2-5,9H2,1H3/t11?,14-/m0/s1. The van der Waals surface area contributed by atoms with Gasteiger partial charge in [-0.3, -0.25) is 0 Å². The predicted octanol–water partition coefficient (Wildman–Crippen LogP) is 2.21. The highest BCUT2D eigenvalue weighted by Crippen LogP contribution is 2.32. The van der Waals surface area contributed by atoms with Crippen molar-refractivity contribution >= 4 is 0 Å². The molecule has 2 rings (SSSR count). The fourth-order valence-electron chi connectivity index (χ4n) is 2.15.